The molecule has 2 aliphatic rings. The summed E-state index contributed by atoms with van der Waals surface area (Å²) in [5.41, 5.74) is 2.45. The molecule has 1 N–H and O–H groups in total. The number of rotatable bonds is 7. The summed E-state index contributed by atoms with van der Waals surface area (Å²) in [5, 5.41) is 3.85. The number of fused-ring (bicyclic) bond motifs is 1. The van der Waals surface area contributed by atoms with Crippen molar-refractivity contribution in [1.29, 1.82) is 0 Å². The van der Waals surface area contributed by atoms with Crippen molar-refractivity contribution in [3.63, 3.8) is 0 Å². The first-order valence-corrected chi connectivity index (χ1v) is 16.4. The highest BCUT2D eigenvalue weighted by Gasteiger charge is 2.43. The van der Waals surface area contributed by atoms with E-state index in [-0.39, 0.29) is 36.4 Å². The van der Waals surface area contributed by atoms with Crippen LogP contribution in [0.4, 0.5) is 0 Å². The Balaban J connectivity index is 1.34. The van der Waals surface area contributed by atoms with Gasteiger partial charge in [-0.25, -0.2) is 8.42 Å². The van der Waals surface area contributed by atoms with Crippen molar-refractivity contribution in [3.8, 4) is 0 Å². The normalized spacial score (nSPS) is 18.5. The van der Waals surface area contributed by atoms with Crippen molar-refractivity contribution in [2.45, 2.75) is 49.1 Å². The molecule has 2 fully saturated rings. The van der Waals surface area contributed by atoms with Gasteiger partial charge in [-0.2, -0.15) is 4.31 Å². The second-order valence-corrected chi connectivity index (χ2v) is 13.3. The first-order valence-electron chi connectivity index (χ1n) is 15.0. The zero-order valence-corrected chi connectivity index (χ0v) is 24.8. The van der Waals surface area contributed by atoms with E-state index in [9.17, 15) is 18.0 Å². The zero-order valence-electron chi connectivity index (χ0n) is 24.0. The van der Waals surface area contributed by atoms with Gasteiger partial charge < -0.3 is 10.2 Å². The van der Waals surface area contributed by atoms with Crippen molar-refractivity contribution in [2.24, 2.45) is 5.92 Å². The molecule has 1 aliphatic heterocycles. The molecule has 4 aromatic rings. The zero-order chi connectivity index (χ0) is 29.8. The lowest BCUT2D eigenvalue weighted by Gasteiger charge is -2.41. The number of pyridine rings is 1. The Kier molecular flexibility index (Phi) is 8.54. The molecule has 3 aromatic carbocycles. The third-order valence-corrected chi connectivity index (χ3v) is 10.5. The minimum atomic E-state index is -4.08. The summed E-state index contributed by atoms with van der Waals surface area (Å²) >= 11 is 0. The summed E-state index contributed by atoms with van der Waals surface area (Å²) < 4.78 is 29.6. The SMILES string of the molecule is O=C(NC(c1ccccc1)c1ccccc1)C1CN(C(=O)C2CCCCC2)CCN1S(=O)(=O)c1ccc2ncccc2c1. The van der Waals surface area contributed by atoms with Crippen molar-refractivity contribution in [2.75, 3.05) is 19.6 Å². The van der Waals surface area contributed by atoms with E-state index in [1.807, 2.05) is 66.7 Å². The van der Waals surface area contributed by atoms with Crippen LogP contribution < -0.4 is 5.32 Å². The molecular formula is C34H36N4O4S. The third kappa shape index (κ3) is 6.19. The van der Waals surface area contributed by atoms with E-state index in [0.717, 1.165) is 43.2 Å². The van der Waals surface area contributed by atoms with Gasteiger partial charge in [0.15, 0.2) is 0 Å². The largest absolute Gasteiger partial charge is 0.344 e. The number of nitrogens with zero attached hydrogens (tertiary/aromatic N) is 3. The van der Waals surface area contributed by atoms with Crippen LogP contribution in [-0.4, -0.2) is 60.1 Å². The summed E-state index contributed by atoms with van der Waals surface area (Å²) in [6.45, 7) is 0.283. The fraction of sp³-hybridized carbons (Fsp3) is 0.324. The Bertz CT molecular complexity index is 1650. The van der Waals surface area contributed by atoms with Crippen LogP contribution in [0, 0.1) is 5.92 Å². The van der Waals surface area contributed by atoms with Crippen molar-refractivity contribution < 1.29 is 18.0 Å². The van der Waals surface area contributed by atoms with Crippen molar-refractivity contribution in [1.82, 2.24) is 19.5 Å². The lowest BCUT2D eigenvalue weighted by Crippen LogP contribution is -2.62. The summed E-state index contributed by atoms with van der Waals surface area (Å²) in [4.78, 5) is 33.9. The smallest absolute Gasteiger partial charge is 0.243 e. The number of nitrogens with one attached hydrogen (secondary N) is 1. The molecule has 1 saturated carbocycles. The summed E-state index contributed by atoms with van der Waals surface area (Å²) in [6, 6.07) is 26.0. The highest BCUT2D eigenvalue weighted by Crippen LogP contribution is 2.30. The van der Waals surface area contributed by atoms with Gasteiger partial charge in [-0.1, -0.05) is 86.0 Å². The average molecular weight is 597 g/mol. The van der Waals surface area contributed by atoms with Gasteiger partial charge in [-0.15, -0.1) is 0 Å². The lowest BCUT2D eigenvalue weighted by atomic mass is 9.88. The minimum Gasteiger partial charge on any atom is -0.344 e. The number of carbonyl (C=O) groups excluding carboxylic acids is 2. The molecule has 6 rings (SSSR count). The quantitative estimate of drug-likeness (QED) is 0.327. The molecule has 0 spiro atoms. The molecule has 1 aliphatic carbocycles. The topological polar surface area (TPSA) is 99.7 Å². The molecule has 0 bridgehead atoms. The maximum atomic E-state index is 14.2. The van der Waals surface area contributed by atoms with Gasteiger partial charge in [0, 0.05) is 37.1 Å². The van der Waals surface area contributed by atoms with Gasteiger partial charge >= 0.3 is 0 Å². The predicted octanol–water partition coefficient (Wildman–Crippen LogP) is 4.92. The Morgan fingerprint density at radius 3 is 2.16 bits per heavy atom. The van der Waals surface area contributed by atoms with E-state index >= 15 is 0 Å². The van der Waals surface area contributed by atoms with Crippen LogP contribution in [0.15, 0.2) is 102 Å². The Labute approximate surface area is 252 Å². The molecule has 9 heteroatoms. The maximum Gasteiger partial charge on any atom is 0.243 e. The van der Waals surface area contributed by atoms with Crippen LogP contribution >= 0.6 is 0 Å². The molecule has 0 radical (unpaired) electrons. The fourth-order valence-corrected chi connectivity index (χ4v) is 7.92. The van der Waals surface area contributed by atoms with Gasteiger partial charge in [0.25, 0.3) is 0 Å². The standard InChI is InChI=1S/C34H36N4O4S/c39-33(36-32(25-11-4-1-5-12-25)26-13-6-2-7-14-26)31-24-37(34(40)27-15-8-3-9-16-27)21-22-38(31)43(41,42)29-18-19-30-28(23-29)17-10-20-35-30/h1-2,4-7,10-14,17-20,23,27,31-32H,3,8-9,15-16,21-22,24H2,(H,36,39). The first-order chi connectivity index (χ1) is 20.9. The fourth-order valence-electron chi connectivity index (χ4n) is 6.31. The van der Waals surface area contributed by atoms with E-state index in [0.29, 0.717) is 10.9 Å². The van der Waals surface area contributed by atoms with E-state index in [1.54, 1.807) is 29.3 Å². The highest BCUT2D eigenvalue weighted by atomic mass is 32.2. The summed E-state index contributed by atoms with van der Waals surface area (Å²) in [6.07, 6.45) is 6.49. The molecule has 1 unspecified atom stereocenters. The molecule has 1 atom stereocenters. The van der Waals surface area contributed by atoms with Crippen LogP contribution in [-0.2, 0) is 19.6 Å². The van der Waals surface area contributed by atoms with Crippen molar-refractivity contribution >= 4 is 32.7 Å². The number of hydrogen-bond acceptors (Lipinski definition) is 5. The van der Waals surface area contributed by atoms with Crippen LogP contribution in [0.3, 0.4) is 0 Å². The molecule has 1 aromatic heterocycles. The molecule has 2 heterocycles. The molecule has 2 amide bonds. The Hall–Kier alpha value is -4.08. The number of amides is 2. The summed E-state index contributed by atoms with van der Waals surface area (Å²) in [5.74, 6) is -0.492. The number of sulfonamides is 1. The van der Waals surface area contributed by atoms with Gasteiger partial charge in [-0.05, 0) is 48.2 Å². The predicted molar refractivity (Wildman–Crippen MR) is 165 cm³/mol. The Morgan fingerprint density at radius 2 is 1.49 bits per heavy atom. The number of piperazine rings is 1. The highest BCUT2D eigenvalue weighted by molar-refractivity contribution is 7.89. The minimum absolute atomic E-state index is 0.00579. The van der Waals surface area contributed by atoms with Crippen molar-refractivity contribution in [3.05, 3.63) is 108 Å². The van der Waals surface area contributed by atoms with Crippen LogP contribution in [0.2, 0.25) is 0 Å². The molecule has 1 saturated heterocycles. The molecular weight excluding hydrogens is 560 g/mol. The van der Waals surface area contributed by atoms with Gasteiger partial charge in [-0.3, -0.25) is 14.6 Å². The number of aromatic nitrogens is 1. The second kappa shape index (κ2) is 12.7. The Morgan fingerprint density at radius 1 is 0.814 bits per heavy atom. The maximum absolute atomic E-state index is 14.2. The van der Waals surface area contributed by atoms with Gasteiger partial charge in [0.05, 0.1) is 16.5 Å². The van der Waals surface area contributed by atoms with E-state index in [2.05, 4.69) is 10.3 Å². The van der Waals surface area contributed by atoms with Gasteiger partial charge in [0.1, 0.15) is 6.04 Å². The van der Waals surface area contributed by atoms with Crippen LogP contribution in [0.25, 0.3) is 10.9 Å². The molecule has 222 valence electrons. The third-order valence-electron chi connectivity index (χ3n) is 8.63. The molecule has 43 heavy (non-hydrogen) atoms. The molecule has 8 nitrogen and oxygen atoms in total. The monoisotopic (exact) mass is 596 g/mol. The number of hydrogen-bond donors (Lipinski definition) is 1. The van der Waals surface area contributed by atoms with Gasteiger partial charge in [0.2, 0.25) is 21.8 Å². The van der Waals surface area contributed by atoms with E-state index in [1.165, 1.54) is 10.4 Å². The van der Waals surface area contributed by atoms with Crippen LogP contribution in [0.5, 0.6) is 0 Å². The first kappa shape index (κ1) is 29.0. The lowest BCUT2D eigenvalue weighted by molar-refractivity contribution is -0.140. The van der Waals surface area contributed by atoms with E-state index in [4.69, 9.17) is 0 Å². The van der Waals surface area contributed by atoms with Crippen LogP contribution in [0.1, 0.15) is 49.3 Å². The average Bonchev–Trinajstić information content (AvgIpc) is 3.07. The number of carbonyl (C=O) groups is 2. The number of benzene rings is 3. The van der Waals surface area contributed by atoms with E-state index < -0.39 is 28.0 Å². The second-order valence-electron chi connectivity index (χ2n) is 11.4. The summed E-state index contributed by atoms with van der Waals surface area (Å²) in [7, 11) is -4.08.